The van der Waals surface area contributed by atoms with Crippen molar-refractivity contribution in [2.75, 3.05) is 6.54 Å². The first-order valence-corrected chi connectivity index (χ1v) is 6.60. The van der Waals surface area contributed by atoms with Crippen molar-refractivity contribution in [1.82, 2.24) is 5.32 Å². The van der Waals surface area contributed by atoms with Crippen molar-refractivity contribution in [2.24, 2.45) is 5.92 Å². The number of furan rings is 1. The molecule has 1 atom stereocenters. The van der Waals surface area contributed by atoms with Gasteiger partial charge in [-0.2, -0.15) is 0 Å². The summed E-state index contributed by atoms with van der Waals surface area (Å²) in [5, 5.41) is 3.67. The molecule has 2 aliphatic rings. The molecule has 1 aliphatic heterocycles. The summed E-state index contributed by atoms with van der Waals surface area (Å²) in [6.07, 6.45) is 9.88. The minimum absolute atomic E-state index is 0.0894. The number of fused-ring (bicyclic) bond motifs is 1. The molecule has 2 heteroatoms. The summed E-state index contributed by atoms with van der Waals surface area (Å²) in [6, 6.07) is 2.14. The normalized spacial score (nSPS) is 30.6. The fourth-order valence-corrected chi connectivity index (χ4v) is 3.53. The van der Waals surface area contributed by atoms with Crippen molar-refractivity contribution in [2.45, 2.75) is 51.0 Å². The van der Waals surface area contributed by atoms with Gasteiger partial charge < -0.3 is 9.73 Å². The van der Waals surface area contributed by atoms with Crippen LogP contribution in [0.2, 0.25) is 0 Å². The first-order valence-electron chi connectivity index (χ1n) is 6.60. The Morgan fingerprint density at radius 1 is 1.44 bits per heavy atom. The molecule has 1 aliphatic carbocycles. The molecule has 1 aromatic rings. The van der Waals surface area contributed by atoms with E-state index in [1.165, 1.54) is 43.4 Å². The molecule has 0 aromatic carbocycles. The van der Waals surface area contributed by atoms with Crippen molar-refractivity contribution < 1.29 is 4.42 Å². The summed E-state index contributed by atoms with van der Waals surface area (Å²) in [5.74, 6) is 2.10. The first kappa shape index (κ1) is 10.4. The van der Waals surface area contributed by atoms with Gasteiger partial charge >= 0.3 is 0 Å². The molecular formula is C14H21NO. The minimum Gasteiger partial charge on any atom is -0.467 e. The smallest absolute Gasteiger partial charge is 0.126 e. The van der Waals surface area contributed by atoms with E-state index in [2.05, 4.69) is 18.3 Å². The Hall–Kier alpha value is -0.760. The van der Waals surface area contributed by atoms with E-state index in [0.29, 0.717) is 0 Å². The SMILES string of the molecule is CC1(CC2CCCC2)NCCc2ccoc21. The van der Waals surface area contributed by atoms with Crippen LogP contribution in [0.15, 0.2) is 16.7 Å². The quantitative estimate of drug-likeness (QED) is 0.826. The predicted octanol–water partition coefficient (Wildman–Crippen LogP) is 3.22. The number of hydrogen-bond acceptors (Lipinski definition) is 2. The molecule has 0 saturated heterocycles. The zero-order valence-corrected chi connectivity index (χ0v) is 10.1. The Kier molecular flexibility index (Phi) is 2.55. The lowest BCUT2D eigenvalue weighted by Gasteiger charge is -2.35. The van der Waals surface area contributed by atoms with Crippen LogP contribution >= 0.6 is 0 Å². The van der Waals surface area contributed by atoms with Crippen LogP contribution in [-0.4, -0.2) is 6.54 Å². The van der Waals surface area contributed by atoms with E-state index in [1.54, 1.807) is 0 Å². The molecule has 88 valence electrons. The lowest BCUT2D eigenvalue weighted by Crippen LogP contribution is -2.45. The number of nitrogens with one attached hydrogen (secondary N) is 1. The molecule has 2 nitrogen and oxygen atoms in total. The van der Waals surface area contributed by atoms with Gasteiger partial charge in [0.1, 0.15) is 5.76 Å². The van der Waals surface area contributed by atoms with E-state index in [9.17, 15) is 0 Å². The monoisotopic (exact) mass is 219 g/mol. The molecule has 0 spiro atoms. The fourth-order valence-electron chi connectivity index (χ4n) is 3.53. The first-order chi connectivity index (χ1) is 7.78. The van der Waals surface area contributed by atoms with Gasteiger partial charge in [0.2, 0.25) is 0 Å². The molecule has 1 aromatic heterocycles. The van der Waals surface area contributed by atoms with Crippen LogP contribution in [-0.2, 0) is 12.0 Å². The highest BCUT2D eigenvalue weighted by molar-refractivity contribution is 5.27. The Bertz CT molecular complexity index is 365. The van der Waals surface area contributed by atoms with E-state index >= 15 is 0 Å². The topological polar surface area (TPSA) is 25.2 Å². The lowest BCUT2D eigenvalue weighted by molar-refractivity contribution is 0.222. The van der Waals surface area contributed by atoms with Crippen molar-refractivity contribution in [3.8, 4) is 0 Å². The van der Waals surface area contributed by atoms with Gasteiger partial charge in [0.15, 0.2) is 0 Å². The highest BCUT2D eigenvalue weighted by Gasteiger charge is 2.37. The highest BCUT2D eigenvalue weighted by Crippen LogP contribution is 2.39. The van der Waals surface area contributed by atoms with Crippen LogP contribution in [0.5, 0.6) is 0 Å². The average molecular weight is 219 g/mol. The zero-order valence-electron chi connectivity index (χ0n) is 10.1. The van der Waals surface area contributed by atoms with Crippen LogP contribution in [0, 0.1) is 5.92 Å². The predicted molar refractivity (Wildman–Crippen MR) is 64.3 cm³/mol. The minimum atomic E-state index is 0.0894. The summed E-state index contributed by atoms with van der Waals surface area (Å²) in [7, 11) is 0. The second kappa shape index (κ2) is 3.92. The molecule has 0 amide bonds. The van der Waals surface area contributed by atoms with Crippen molar-refractivity contribution in [3.63, 3.8) is 0 Å². The third kappa shape index (κ3) is 1.69. The molecule has 1 N–H and O–H groups in total. The Balaban J connectivity index is 1.82. The van der Waals surface area contributed by atoms with Crippen molar-refractivity contribution in [1.29, 1.82) is 0 Å². The van der Waals surface area contributed by atoms with Crippen LogP contribution in [0.1, 0.15) is 50.4 Å². The molecule has 3 rings (SSSR count). The van der Waals surface area contributed by atoms with Gasteiger partial charge in [-0.25, -0.2) is 0 Å². The van der Waals surface area contributed by atoms with Gasteiger partial charge in [0.25, 0.3) is 0 Å². The molecule has 16 heavy (non-hydrogen) atoms. The summed E-state index contributed by atoms with van der Waals surface area (Å²) < 4.78 is 5.72. The molecule has 2 heterocycles. The van der Waals surface area contributed by atoms with Gasteiger partial charge in [-0.15, -0.1) is 0 Å². The largest absolute Gasteiger partial charge is 0.467 e. The van der Waals surface area contributed by atoms with Gasteiger partial charge in [-0.3, -0.25) is 0 Å². The van der Waals surface area contributed by atoms with E-state index < -0.39 is 0 Å². The molecule has 0 radical (unpaired) electrons. The van der Waals surface area contributed by atoms with Crippen LogP contribution in [0.25, 0.3) is 0 Å². The Labute approximate surface area is 97.4 Å². The lowest BCUT2D eigenvalue weighted by atomic mass is 9.82. The van der Waals surface area contributed by atoms with Gasteiger partial charge in [0.05, 0.1) is 11.8 Å². The van der Waals surface area contributed by atoms with Crippen LogP contribution < -0.4 is 5.32 Å². The second-order valence-corrected chi connectivity index (χ2v) is 5.64. The number of hydrogen-bond donors (Lipinski definition) is 1. The van der Waals surface area contributed by atoms with Crippen molar-refractivity contribution >= 4 is 0 Å². The van der Waals surface area contributed by atoms with E-state index in [0.717, 1.165) is 18.9 Å². The summed E-state index contributed by atoms with van der Waals surface area (Å²) >= 11 is 0. The third-order valence-corrected chi connectivity index (χ3v) is 4.33. The van der Waals surface area contributed by atoms with Crippen molar-refractivity contribution in [3.05, 3.63) is 23.7 Å². The average Bonchev–Trinajstić information content (AvgIpc) is 2.88. The number of rotatable bonds is 2. The van der Waals surface area contributed by atoms with E-state index in [1.807, 2.05) is 6.26 Å². The molecule has 0 bridgehead atoms. The summed E-state index contributed by atoms with van der Waals surface area (Å²) in [6.45, 7) is 3.41. The van der Waals surface area contributed by atoms with Gasteiger partial charge in [-0.1, -0.05) is 25.7 Å². The van der Waals surface area contributed by atoms with Crippen LogP contribution in [0.4, 0.5) is 0 Å². The molecule has 1 saturated carbocycles. The highest BCUT2D eigenvalue weighted by atomic mass is 16.3. The second-order valence-electron chi connectivity index (χ2n) is 5.64. The molecule has 1 fully saturated rings. The summed E-state index contributed by atoms with van der Waals surface area (Å²) in [4.78, 5) is 0. The third-order valence-electron chi connectivity index (χ3n) is 4.33. The Morgan fingerprint density at radius 2 is 2.25 bits per heavy atom. The molecular weight excluding hydrogens is 198 g/mol. The fraction of sp³-hybridized carbons (Fsp3) is 0.714. The van der Waals surface area contributed by atoms with Gasteiger partial charge in [-0.05, 0) is 37.3 Å². The summed E-state index contributed by atoms with van der Waals surface area (Å²) in [5.41, 5.74) is 1.51. The van der Waals surface area contributed by atoms with Gasteiger partial charge in [0, 0.05) is 6.54 Å². The zero-order chi connectivity index (χ0) is 11.0. The molecule has 1 unspecified atom stereocenters. The maximum Gasteiger partial charge on any atom is 0.126 e. The van der Waals surface area contributed by atoms with E-state index in [-0.39, 0.29) is 5.54 Å². The Morgan fingerprint density at radius 3 is 3.06 bits per heavy atom. The van der Waals surface area contributed by atoms with Crippen LogP contribution in [0.3, 0.4) is 0 Å². The van der Waals surface area contributed by atoms with E-state index in [4.69, 9.17) is 4.42 Å². The standard InChI is InChI=1S/C14H21NO/c1-14(10-11-4-2-3-5-11)13-12(6-8-15-14)7-9-16-13/h7,9,11,15H,2-6,8,10H2,1H3. The maximum atomic E-state index is 5.72. The maximum absolute atomic E-state index is 5.72.